The third-order valence-corrected chi connectivity index (χ3v) is 5.40. The zero-order valence-corrected chi connectivity index (χ0v) is 17.6. The lowest BCUT2D eigenvalue weighted by atomic mass is 10.0. The van der Waals surface area contributed by atoms with E-state index in [9.17, 15) is 4.79 Å². The van der Waals surface area contributed by atoms with Crippen LogP contribution in [0.25, 0.3) is 10.8 Å². The predicted molar refractivity (Wildman–Crippen MR) is 115 cm³/mol. The molecule has 0 aliphatic heterocycles. The first kappa shape index (κ1) is 20.9. The van der Waals surface area contributed by atoms with Crippen LogP contribution in [0.5, 0.6) is 0 Å². The maximum atomic E-state index is 12.6. The molecule has 0 aliphatic carbocycles. The molecule has 0 heterocycles. The summed E-state index contributed by atoms with van der Waals surface area (Å²) < 4.78 is 1.02. The smallest absolute Gasteiger partial charge is 0.251 e. The highest BCUT2D eigenvalue weighted by Crippen LogP contribution is 2.26. The van der Waals surface area contributed by atoms with Crippen LogP contribution in [0.1, 0.15) is 56.3 Å². The summed E-state index contributed by atoms with van der Waals surface area (Å²) in [5.74, 6) is 0.0161. The third kappa shape index (κ3) is 6.10. The summed E-state index contributed by atoms with van der Waals surface area (Å²) in [6, 6.07) is 11.9. The van der Waals surface area contributed by atoms with Gasteiger partial charge in [0.25, 0.3) is 5.91 Å². The van der Waals surface area contributed by atoms with E-state index in [-0.39, 0.29) is 5.91 Å². The highest BCUT2D eigenvalue weighted by atomic mass is 79.9. The Labute approximate surface area is 166 Å². The van der Waals surface area contributed by atoms with E-state index < -0.39 is 0 Å². The highest BCUT2D eigenvalue weighted by molar-refractivity contribution is 9.10. The Balaban J connectivity index is 1.88. The van der Waals surface area contributed by atoms with Gasteiger partial charge in [0, 0.05) is 16.6 Å². The molecule has 2 aromatic rings. The van der Waals surface area contributed by atoms with E-state index in [1.165, 1.54) is 38.8 Å². The Morgan fingerprint density at radius 3 is 2.19 bits per heavy atom. The molecule has 2 rings (SSSR count). The van der Waals surface area contributed by atoms with Gasteiger partial charge in [-0.2, -0.15) is 0 Å². The molecule has 0 saturated heterocycles. The second kappa shape index (κ2) is 11.3. The van der Waals surface area contributed by atoms with Gasteiger partial charge in [0.15, 0.2) is 0 Å². The number of fused-ring (bicyclic) bond motifs is 1. The zero-order chi connectivity index (χ0) is 18.8. The second-order valence-electron chi connectivity index (χ2n) is 6.80. The molecule has 2 aromatic carbocycles. The maximum absolute atomic E-state index is 12.6. The molecule has 0 saturated carbocycles. The summed E-state index contributed by atoms with van der Waals surface area (Å²) in [4.78, 5) is 15.2. The van der Waals surface area contributed by atoms with Crippen molar-refractivity contribution in [3.05, 3.63) is 46.4 Å². The number of hydrogen-bond acceptors (Lipinski definition) is 2. The van der Waals surface area contributed by atoms with Crippen molar-refractivity contribution in [2.45, 2.75) is 46.0 Å². The zero-order valence-electron chi connectivity index (χ0n) is 16.1. The fraction of sp³-hybridized carbons (Fsp3) is 0.500. The average Bonchev–Trinajstić information content (AvgIpc) is 2.67. The van der Waals surface area contributed by atoms with Crippen molar-refractivity contribution in [3.8, 4) is 0 Å². The van der Waals surface area contributed by atoms with Gasteiger partial charge in [0.1, 0.15) is 0 Å². The van der Waals surface area contributed by atoms with Crippen LogP contribution in [0.2, 0.25) is 0 Å². The number of benzene rings is 2. The molecular formula is C22H31BrN2O. The summed E-state index contributed by atoms with van der Waals surface area (Å²) >= 11 is 3.56. The molecule has 0 bridgehead atoms. The van der Waals surface area contributed by atoms with Crippen molar-refractivity contribution in [1.82, 2.24) is 10.2 Å². The molecule has 142 valence electrons. The van der Waals surface area contributed by atoms with Crippen LogP contribution < -0.4 is 5.32 Å². The van der Waals surface area contributed by atoms with E-state index in [1.807, 2.05) is 36.4 Å². The number of unbranched alkanes of at least 4 members (excludes halogenated alkanes) is 2. The van der Waals surface area contributed by atoms with E-state index in [2.05, 4.69) is 40.0 Å². The number of carbonyl (C=O) groups excluding carboxylic acids is 1. The third-order valence-electron chi connectivity index (χ3n) is 4.71. The van der Waals surface area contributed by atoms with Crippen molar-refractivity contribution in [2.75, 3.05) is 26.2 Å². The van der Waals surface area contributed by atoms with Gasteiger partial charge in [0.05, 0.1) is 0 Å². The lowest BCUT2D eigenvalue weighted by Gasteiger charge is -2.22. The molecule has 4 heteroatoms. The van der Waals surface area contributed by atoms with Gasteiger partial charge >= 0.3 is 0 Å². The summed E-state index contributed by atoms with van der Waals surface area (Å²) in [6.07, 6.45) is 5.96. The predicted octanol–water partition coefficient (Wildman–Crippen LogP) is 5.62. The van der Waals surface area contributed by atoms with Crippen LogP contribution in [-0.2, 0) is 0 Å². The van der Waals surface area contributed by atoms with E-state index >= 15 is 0 Å². The summed E-state index contributed by atoms with van der Waals surface area (Å²) in [5, 5.41) is 5.16. The number of nitrogens with zero attached hydrogens (tertiary/aromatic N) is 1. The highest BCUT2D eigenvalue weighted by Gasteiger charge is 2.11. The lowest BCUT2D eigenvalue weighted by molar-refractivity contribution is 0.0953. The Bertz CT molecular complexity index is 694. The Morgan fingerprint density at radius 2 is 1.54 bits per heavy atom. The van der Waals surface area contributed by atoms with Gasteiger partial charge < -0.3 is 10.2 Å². The fourth-order valence-corrected chi connectivity index (χ4v) is 3.64. The molecule has 26 heavy (non-hydrogen) atoms. The van der Waals surface area contributed by atoms with E-state index in [0.717, 1.165) is 40.3 Å². The first-order valence-electron chi connectivity index (χ1n) is 9.85. The van der Waals surface area contributed by atoms with Gasteiger partial charge in [-0.25, -0.2) is 0 Å². The number of hydrogen-bond donors (Lipinski definition) is 1. The quantitative estimate of drug-likeness (QED) is 0.479. The minimum absolute atomic E-state index is 0.0161. The molecule has 0 aromatic heterocycles. The number of carbonyl (C=O) groups is 1. The minimum atomic E-state index is 0.0161. The first-order chi connectivity index (χ1) is 12.7. The van der Waals surface area contributed by atoms with Crippen LogP contribution in [0.3, 0.4) is 0 Å². The first-order valence-corrected chi connectivity index (χ1v) is 10.6. The Hall–Kier alpha value is -1.39. The number of halogens is 1. The SMILES string of the molecule is CCCCN(CCCC)CCCNC(=O)c1ccc(Br)c2ccccc12. The topological polar surface area (TPSA) is 32.3 Å². The van der Waals surface area contributed by atoms with Crippen molar-refractivity contribution >= 4 is 32.6 Å². The monoisotopic (exact) mass is 418 g/mol. The molecule has 1 N–H and O–H groups in total. The average molecular weight is 419 g/mol. The van der Waals surface area contributed by atoms with Crippen LogP contribution in [0.15, 0.2) is 40.9 Å². The van der Waals surface area contributed by atoms with Crippen molar-refractivity contribution < 1.29 is 4.79 Å². The van der Waals surface area contributed by atoms with E-state index in [0.29, 0.717) is 0 Å². The van der Waals surface area contributed by atoms with Crippen LogP contribution in [0, 0.1) is 0 Å². The molecule has 0 spiro atoms. The van der Waals surface area contributed by atoms with Gasteiger partial charge in [-0.15, -0.1) is 0 Å². The van der Waals surface area contributed by atoms with E-state index in [4.69, 9.17) is 0 Å². The number of amides is 1. The molecular weight excluding hydrogens is 388 g/mol. The van der Waals surface area contributed by atoms with Crippen molar-refractivity contribution in [3.63, 3.8) is 0 Å². The fourth-order valence-electron chi connectivity index (χ4n) is 3.16. The molecule has 1 amide bonds. The molecule has 0 atom stereocenters. The number of nitrogens with one attached hydrogen (secondary N) is 1. The molecule has 0 radical (unpaired) electrons. The van der Waals surface area contributed by atoms with Crippen molar-refractivity contribution in [1.29, 1.82) is 0 Å². The minimum Gasteiger partial charge on any atom is -0.352 e. The van der Waals surface area contributed by atoms with Gasteiger partial charge in [-0.1, -0.05) is 66.9 Å². The normalized spacial score (nSPS) is 11.2. The summed E-state index contributed by atoms with van der Waals surface area (Å²) in [7, 11) is 0. The molecule has 3 nitrogen and oxygen atoms in total. The standard InChI is InChI=1S/C22H31BrN2O/c1-3-5-15-25(16-6-4-2)17-9-14-24-22(26)20-12-13-21(23)19-11-8-7-10-18(19)20/h7-8,10-13H,3-6,9,14-17H2,1-2H3,(H,24,26). The molecule has 0 fully saturated rings. The molecule has 0 unspecified atom stereocenters. The number of rotatable bonds is 11. The largest absolute Gasteiger partial charge is 0.352 e. The Kier molecular flexibility index (Phi) is 9.13. The van der Waals surface area contributed by atoms with Crippen LogP contribution in [-0.4, -0.2) is 37.0 Å². The van der Waals surface area contributed by atoms with Crippen molar-refractivity contribution in [2.24, 2.45) is 0 Å². The summed E-state index contributed by atoms with van der Waals surface area (Å²) in [6.45, 7) is 8.59. The van der Waals surface area contributed by atoms with Gasteiger partial charge in [-0.3, -0.25) is 4.79 Å². The summed E-state index contributed by atoms with van der Waals surface area (Å²) in [5.41, 5.74) is 0.748. The van der Waals surface area contributed by atoms with Gasteiger partial charge in [0.2, 0.25) is 0 Å². The Morgan fingerprint density at radius 1 is 0.923 bits per heavy atom. The lowest BCUT2D eigenvalue weighted by Crippen LogP contribution is -2.31. The second-order valence-corrected chi connectivity index (χ2v) is 7.65. The van der Waals surface area contributed by atoms with E-state index in [1.54, 1.807) is 0 Å². The molecule has 0 aliphatic rings. The van der Waals surface area contributed by atoms with Crippen LogP contribution >= 0.6 is 15.9 Å². The maximum Gasteiger partial charge on any atom is 0.251 e. The van der Waals surface area contributed by atoms with Crippen LogP contribution in [0.4, 0.5) is 0 Å². The van der Waals surface area contributed by atoms with Gasteiger partial charge in [-0.05, 0) is 61.8 Å².